The predicted octanol–water partition coefficient (Wildman–Crippen LogP) is 5.10. The second kappa shape index (κ2) is 25.0. The summed E-state index contributed by atoms with van der Waals surface area (Å²) in [6.45, 7) is 5.15. The maximum Gasteiger partial charge on any atom is 0.309 e. The molecule has 0 unspecified atom stereocenters. The van der Waals surface area contributed by atoms with Crippen LogP contribution in [0.15, 0.2) is 72.9 Å². The molecule has 9 nitrogen and oxygen atoms in total. The van der Waals surface area contributed by atoms with Crippen molar-refractivity contribution in [3.63, 3.8) is 0 Å². The van der Waals surface area contributed by atoms with E-state index in [1.54, 1.807) is 19.9 Å². The molecular weight excluding hydrogens is 536 g/mol. The Kier molecular flexibility index (Phi) is 22.8. The van der Waals surface area contributed by atoms with E-state index >= 15 is 0 Å². The van der Waals surface area contributed by atoms with Crippen molar-refractivity contribution in [2.24, 2.45) is 5.41 Å². The van der Waals surface area contributed by atoms with Gasteiger partial charge in [0.2, 0.25) is 11.8 Å². The summed E-state index contributed by atoms with van der Waals surface area (Å²) in [5, 5.41) is 23.8. The van der Waals surface area contributed by atoms with E-state index in [0.717, 1.165) is 32.1 Å². The zero-order valence-corrected chi connectivity index (χ0v) is 25.4. The Bertz CT molecular complexity index is 975. The standard InChI is InChI=1S/C33H50N2O7/c1-4-5-6-7-8-9-10-11-12-13-14-15-16-17-18-19-20-21-22-30(39)42-27-33(2,3)31(40)32(41)35-25-23-28(36)34-26-24-29(37)38/h5-6,8-9,11-12,14-15,17-18,20-21,31,40H,4,7,10,13,16,19,22-27H2,1-3H3,(H,34,36)(H,35,41)(H,37,38)/b6-5-,9-8-,12-11-,15-14-,18-17-,21-20-/t31-/m0/s1. The smallest absolute Gasteiger partial charge is 0.309 e. The zero-order chi connectivity index (χ0) is 31.5. The van der Waals surface area contributed by atoms with Gasteiger partial charge in [0, 0.05) is 24.9 Å². The van der Waals surface area contributed by atoms with E-state index in [2.05, 4.69) is 72.2 Å². The molecule has 0 fully saturated rings. The fourth-order valence-electron chi connectivity index (χ4n) is 3.25. The van der Waals surface area contributed by atoms with E-state index in [1.807, 2.05) is 12.2 Å². The number of rotatable bonds is 23. The summed E-state index contributed by atoms with van der Waals surface area (Å²) in [4.78, 5) is 46.4. The number of hydrogen-bond donors (Lipinski definition) is 4. The number of carboxylic acid groups (broad SMARTS) is 1. The number of carboxylic acids is 1. The molecule has 0 saturated carbocycles. The molecule has 0 bridgehead atoms. The van der Waals surface area contributed by atoms with E-state index in [4.69, 9.17) is 9.84 Å². The number of aliphatic hydroxyl groups excluding tert-OH is 1. The van der Waals surface area contributed by atoms with Gasteiger partial charge in [-0.05, 0) is 38.5 Å². The minimum absolute atomic E-state index is 0.00169. The largest absolute Gasteiger partial charge is 0.481 e. The highest BCUT2D eigenvalue weighted by Crippen LogP contribution is 2.21. The molecule has 0 aliphatic heterocycles. The summed E-state index contributed by atoms with van der Waals surface area (Å²) in [6.07, 6.45) is 28.8. The van der Waals surface area contributed by atoms with Crippen molar-refractivity contribution in [2.75, 3.05) is 19.7 Å². The van der Waals surface area contributed by atoms with Crippen molar-refractivity contribution in [2.45, 2.75) is 84.7 Å². The second-order valence-corrected chi connectivity index (χ2v) is 10.2. The molecule has 42 heavy (non-hydrogen) atoms. The van der Waals surface area contributed by atoms with Gasteiger partial charge in [-0.15, -0.1) is 0 Å². The van der Waals surface area contributed by atoms with Crippen LogP contribution in [-0.4, -0.2) is 59.8 Å². The van der Waals surface area contributed by atoms with Crippen LogP contribution in [0.1, 0.15) is 78.6 Å². The third-order valence-electron chi connectivity index (χ3n) is 5.79. The van der Waals surface area contributed by atoms with Gasteiger partial charge in [0.15, 0.2) is 0 Å². The molecule has 4 N–H and O–H groups in total. The fraction of sp³-hybridized carbons (Fsp3) is 0.515. The predicted molar refractivity (Wildman–Crippen MR) is 166 cm³/mol. The van der Waals surface area contributed by atoms with Crippen LogP contribution in [0.5, 0.6) is 0 Å². The Morgan fingerprint density at radius 1 is 0.714 bits per heavy atom. The van der Waals surface area contributed by atoms with Crippen molar-refractivity contribution < 1.29 is 34.1 Å². The lowest BCUT2D eigenvalue weighted by Gasteiger charge is -2.28. The van der Waals surface area contributed by atoms with Gasteiger partial charge in [0.05, 0.1) is 19.4 Å². The Balaban J connectivity index is 4.06. The SMILES string of the molecule is CC/C=C\C/C=C\C/C=C\C/C=C\C/C=C\C/C=C\CC(=O)OCC(C)(C)[C@@H](O)C(=O)NCCC(=O)NCCC(=O)O. The summed E-state index contributed by atoms with van der Waals surface area (Å²) >= 11 is 0. The average molecular weight is 587 g/mol. The van der Waals surface area contributed by atoms with Gasteiger partial charge in [-0.2, -0.15) is 0 Å². The highest BCUT2D eigenvalue weighted by atomic mass is 16.5. The van der Waals surface area contributed by atoms with Crippen molar-refractivity contribution in [3.05, 3.63) is 72.9 Å². The number of allylic oxidation sites excluding steroid dienone is 11. The average Bonchev–Trinajstić information content (AvgIpc) is 2.94. The van der Waals surface area contributed by atoms with Gasteiger partial charge in [0.25, 0.3) is 0 Å². The molecule has 0 heterocycles. The van der Waals surface area contributed by atoms with Crippen molar-refractivity contribution in [1.29, 1.82) is 0 Å². The molecule has 0 aromatic rings. The van der Waals surface area contributed by atoms with E-state index in [-0.39, 0.29) is 39.0 Å². The molecule has 0 aliphatic rings. The maximum absolute atomic E-state index is 12.2. The Labute approximate surface area is 251 Å². The summed E-state index contributed by atoms with van der Waals surface area (Å²) < 4.78 is 5.24. The highest BCUT2D eigenvalue weighted by Gasteiger charge is 2.34. The number of aliphatic hydroxyl groups is 1. The second-order valence-electron chi connectivity index (χ2n) is 10.2. The molecule has 0 aromatic heterocycles. The minimum atomic E-state index is -1.45. The van der Waals surface area contributed by atoms with E-state index in [1.165, 1.54) is 0 Å². The summed E-state index contributed by atoms with van der Waals surface area (Å²) in [7, 11) is 0. The lowest BCUT2D eigenvalue weighted by atomic mass is 9.87. The highest BCUT2D eigenvalue weighted by molar-refractivity contribution is 5.82. The molecule has 0 rings (SSSR count). The Morgan fingerprint density at radius 2 is 1.17 bits per heavy atom. The Morgan fingerprint density at radius 3 is 1.64 bits per heavy atom. The van der Waals surface area contributed by atoms with E-state index < -0.39 is 35.3 Å². The first-order valence-corrected chi connectivity index (χ1v) is 14.6. The molecule has 9 heteroatoms. The van der Waals surface area contributed by atoms with Crippen LogP contribution in [0.4, 0.5) is 0 Å². The lowest BCUT2D eigenvalue weighted by Crippen LogP contribution is -2.47. The van der Waals surface area contributed by atoms with Gasteiger partial charge in [-0.25, -0.2) is 0 Å². The summed E-state index contributed by atoms with van der Waals surface area (Å²) in [6, 6.07) is 0. The molecule has 1 atom stereocenters. The lowest BCUT2D eigenvalue weighted by molar-refractivity contribution is -0.152. The number of hydrogen-bond acceptors (Lipinski definition) is 6. The monoisotopic (exact) mass is 586 g/mol. The first kappa shape index (κ1) is 38.3. The molecule has 0 aromatic carbocycles. The van der Waals surface area contributed by atoms with Crippen LogP contribution in [0.2, 0.25) is 0 Å². The summed E-state index contributed by atoms with van der Waals surface area (Å²) in [5.41, 5.74) is -1.04. The van der Waals surface area contributed by atoms with Crippen LogP contribution < -0.4 is 10.6 Å². The molecule has 0 spiro atoms. The number of carbonyl (C=O) groups is 4. The minimum Gasteiger partial charge on any atom is -0.481 e. The number of amides is 2. The van der Waals surface area contributed by atoms with E-state index in [0.29, 0.717) is 6.42 Å². The topological polar surface area (TPSA) is 142 Å². The van der Waals surface area contributed by atoms with E-state index in [9.17, 15) is 24.3 Å². The number of esters is 1. The quantitative estimate of drug-likeness (QED) is 0.0964. The maximum atomic E-state index is 12.2. The molecule has 0 aliphatic carbocycles. The van der Waals surface area contributed by atoms with Crippen molar-refractivity contribution in [3.8, 4) is 0 Å². The fourth-order valence-corrected chi connectivity index (χ4v) is 3.25. The zero-order valence-electron chi connectivity index (χ0n) is 25.4. The van der Waals surface area contributed by atoms with Crippen LogP contribution in [0.25, 0.3) is 0 Å². The number of carbonyl (C=O) groups excluding carboxylic acids is 3. The van der Waals surface area contributed by atoms with Crippen LogP contribution in [0, 0.1) is 5.41 Å². The van der Waals surface area contributed by atoms with Crippen LogP contribution in [0.3, 0.4) is 0 Å². The molecular formula is C33H50N2O7. The molecule has 0 radical (unpaired) electrons. The van der Waals surface area contributed by atoms with Gasteiger partial charge >= 0.3 is 11.9 Å². The van der Waals surface area contributed by atoms with Gasteiger partial charge < -0.3 is 25.6 Å². The van der Waals surface area contributed by atoms with Crippen molar-refractivity contribution >= 4 is 23.8 Å². The van der Waals surface area contributed by atoms with Crippen LogP contribution in [-0.2, 0) is 23.9 Å². The first-order valence-electron chi connectivity index (χ1n) is 14.6. The molecule has 234 valence electrons. The summed E-state index contributed by atoms with van der Waals surface area (Å²) in [5.74, 6) is -2.58. The number of aliphatic carboxylic acids is 1. The number of ether oxygens (including phenoxy) is 1. The van der Waals surface area contributed by atoms with Gasteiger partial charge in [-0.1, -0.05) is 93.7 Å². The molecule has 2 amide bonds. The van der Waals surface area contributed by atoms with Crippen molar-refractivity contribution in [1.82, 2.24) is 10.6 Å². The van der Waals surface area contributed by atoms with Gasteiger partial charge in [0.1, 0.15) is 6.10 Å². The normalized spacial score (nSPS) is 13.2. The first-order chi connectivity index (χ1) is 20.1. The third kappa shape index (κ3) is 23.0. The van der Waals surface area contributed by atoms with Gasteiger partial charge in [-0.3, -0.25) is 19.2 Å². The number of nitrogens with one attached hydrogen (secondary N) is 2. The Hall–Kier alpha value is -3.72. The third-order valence-corrected chi connectivity index (χ3v) is 5.79. The van der Waals surface area contributed by atoms with Crippen LogP contribution >= 0.6 is 0 Å². The molecule has 0 saturated heterocycles.